The maximum absolute atomic E-state index is 11.5. The van der Waals surface area contributed by atoms with E-state index in [1.807, 2.05) is 32.7 Å². The SMILES string of the molecule is CC.CCCCC(=O)N(CC)CCNC. The summed E-state index contributed by atoms with van der Waals surface area (Å²) in [6.07, 6.45) is 2.80. The van der Waals surface area contributed by atoms with Crippen molar-refractivity contribution in [3.63, 3.8) is 0 Å². The molecule has 0 spiro atoms. The first kappa shape index (κ1) is 16.8. The highest BCUT2D eigenvalue weighted by Crippen LogP contribution is 1.99. The number of amides is 1. The van der Waals surface area contributed by atoms with E-state index in [-0.39, 0.29) is 0 Å². The standard InChI is InChI=1S/C10H22N2O.C2H6/c1-4-6-7-10(13)12(5-2)9-8-11-3;1-2/h11H,4-9H2,1-3H3;1-2H3. The van der Waals surface area contributed by atoms with Gasteiger partial charge in [0.15, 0.2) is 0 Å². The highest BCUT2D eigenvalue weighted by Gasteiger charge is 2.09. The van der Waals surface area contributed by atoms with Crippen LogP contribution < -0.4 is 5.32 Å². The second kappa shape index (κ2) is 13.4. The van der Waals surface area contributed by atoms with Gasteiger partial charge >= 0.3 is 0 Å². The monoisotopic (exact) mass is 216 g/mol. The summed E-state index contributed by atoms with van der Waals surface area (Å²) < 4.78 is 0. The first-order valence-corrected chi connectivity index (χ1v) is 6.18. The predicted octanol–water partition coefficient (Wildman–Crippen LogP) is 2.27. The fourth-order valence-corrected chi connectivity index (χ4v) is 1.19. The van der Waals surface area contributed by atoms with E-state index in [0.717, 1.165) is 32.5 Å². The highest BCUT2D eigenvalue weighted by molar-refractivity contribution is 5.76. The fourth-order valence-electron chi connectivity index (χ4n) is 1.19. The first-order valence-electron chi connectivity index (χ1n) is 6.18. The summed E-state index contributed by atoms with van der Waals surface area (Å²) in [6, 6.07) is 0. The van der Waals surface area contributed by atoms with Gasteiger partial charge in [0, 0.05) is 26.1 Å². The molecule has 0 atom stereocenters. The molecular formula is C12H28N2O. The van der Waals surface area contributed by atoms with Gasteiger partial charge in [-0.3, -0.25) is 4.79 Å². The first-order chi connectivity index (χ1) is 7.26. The largest absolute Gasteiger partial charge is 0.342 e. The average molecular weight is 216 g/mol. The number of carbonyl (C=O) groups excluding carboxylic acids is 1. The second-order valence-corrected chi connectivity index (χ2v) is 3.18. The lowest BCUT2D eigenvalue weighted by Crippen LogP contribution is -2.35. The van der Waals surface area contributed by atoms with Crippen LogP contribution in [0.4, 0.5) is 0 Å². The van der Waals surface area contributed by atoms with Crippen molar-refractivity contribution in [1.82, 2.24) is 10.2 Å². The van der Waals surface area contributed by atoms with Crippen molar-refractivity contribution in [2.24, 2.45) is 0 Å². The minimum absolute atomic E-state index is 0.291. The average Bonchev–Trinajstić information content (AvgIpc) is 2.30. The summed E-state index contributed by atoms with van der Waals surface area (Å²) in [5.74, 6) is 0.291. The van der Waals surface area contributed by atoms with Crippen LogP contribution in [-0.4, -0.2) is 37.5 Å². The molecule has 3 nitrogen and oxygen atoms in total. The van der Waals surface area contributed by atoms with Gasteiger partial charge in [-0.1, -0.05) is 27.2 Å². The Morgan fingerprint density at radius 2 is 1.87 bits per heavy atom. The Morgan fingerprint density at radius 1 is 1.27 bits per heavy atom. The van der Waals surface area contributed by atoms with Crippen LogP contribution >= 0.6 is 0 Å². The van der Waals surface area contributed by atoms with Crippen LogP contribution in [0.3, 0.4) is 0 Å². The third-order valence-electron chi connectivity index (χ3n) is 2.11. The molecule has 0 aromatic heterocycles. The molecule has 0 aromatic rings. The van der Waals surface area contributed by atoms with Gasteiger partial charge in [-0.2, -0.15) is 0 Å². The van der Waals surface area contributed by atoms with Gasteiger partial charge in [0.2, 0.25) is 5.91 Å². The Morgan fingerprint density at radius 3 is 2.27 bits per heavy atom. The van der Waals surface area contributed by atoms with E-state index in [1.54, 1.807) is 0 Å². The molecule has 15 heavy (non-hydrogen) atoms. The second-order valence-electron chi connectivity index (χ2n) is 3.18. The quantitative estimate of drug-likeness (QED) is 0.708. The molecule has 0 saturated carbocycles. The maximum Gasteiger partial charge on any atom is 0.222 e. The van der Waals surface area contributed by atoms with E-state index < -0.39 is 0 Å². The van der Waals surface area contributed by atoms with Crippen LogP contribution in [0.15, 0.2) is 0 Å². The van der Waals surface area contributed by atoms with E-state index in [0.29, 0.717) is 12.3 Å². The zero-order valence-electron chi connectivity index (χ0n) is 11.1. The van der Waals surface area contributed by atoms with E-state index >= 15 is 0 Å². The summed E-state index contributed by atoms with van der Waals surface area (Å²) in [6.45, 7) is 10.7. The van der Waals surface area contributed by atoms with Crippen molar-refractivity contribution in [2.45, 2.75) is 47.0 Å². The van der Waals surface area contributed by atoms with E-state index in [2.05, 4.69) is 12.2 Å². The van der Waals surface area contributed by atoms with Crippen molar-refractivity contribution in [2.75, 3.05) is 26.7 Å². The number of likely N-dealkylation sites (N-methyl/N-ethyl adjacent to an activating group) is 2. The molecular weight excluding hydrogens is 188 g/mol. The predicted molar refractivity (Wildman–Crippen MR) is 67.1 cm³/mol. The van der Waals surface area contributed by atoms with Gasteiger partial charge in [0.25, 0.3) is 0 Å². The Bertz CT molecular complexity index is 138. The fraction of sp³-hybridized carbons (Fsp3) is 0.917. The number of nitrogens with zero attached hydrogens (tertiary/aromatic N) is 1. The molecule has 3 heteroatoms. The molecule has 0 heterocycles. The van der Waals surface area contributed by atoms with Gasteiger partial charge in [-0.05, 0) is 20.4 Å². The Balaban J connectivity index is 0. The van der Waals surface area contributed by atoms with Crippen LogP contribution in [0.25, 0.3) is 0 Å². The number of carbonyl (C=O) groups is 1. The molecule has 0 rings (SSSR count). The Kier molecular flexibility index (Phi) is 15.1. The number of unbranched alkanes of at least 4 members (excludes halogenated alkanes) is 1. The molecule has 0 aliphatic rings. The normalized spacial score (nSPS) is 9.13. The minimum atomic E-state index is 0.291. The topological polar surface area (TPSA) is 32.3 Å². The molecule has 0 saturated heterocycles. The smallest absolute Gasteiger partial charge is 0.222 e. The zero-order valence-corrected chi connectivity index (χ0v) is 11.1. The summed E-state index contributed by atoms with van der Waals surface area (Å²) in [5, 5.41) is 3.05. The van der Waals surface area contributed by atoms with Crippen LogP contribution in [0.1, 0.15) is 47.0 Å². The number of hydrogen-bond acceptors (Lipinski definition) is 2. The molecule has 0 aliphatic carbocycles. The lowest BCUT2D eigenvalue weighted by Gasteiger charge is -2.20. The van der Waals surface area contributed by atoms with Gasteiger partial charge in [-0.15, -0.1) is 0 Å². The molecule has 0 fully saturated rings. The zero-order chi connectivity index (χ0) is 12.1. The van der Waals surface area contributed by atoms with Crippen molar-refractivity contribution >= 4 is 5.91 Å². The molecule has 1 N–H and O–H groups in total. The number of nitrogens with one attached hydrogen (secondary N) is 1. The van der Waals surface area contributed by atoms with Crippen molar-refractivity contribution < 1.29 is 4.79 Å². The van der Waals surface area contributed by atoms with E-state index in [1.165, 1.54) is 0 Å². The maximum atomic E-state index is 11.5. The van der Waals surface area contributed by atoms with Gasteiger partial charge < -0.3 is 10.2 Å². The van der Waals surface area contributed by atoms with Crippen LogP contribution in [-0.2, 0) is 4.79 Å². The van der Waals surface area contributed by atoms with Gasteiger partial charge in [0.05, 0.1) is 0 Å². The number of rotatable bonds is 7. The molecule has 0 aromatic carbocycles. The lowest BCUT2D eigenvalue weighted by atomic mass is 10.2. The third-order valence-corrected chi connectivity index (χ3v) is 2.11. The summed E-state index contributed by atoms with van der Waals surface area (Å²) in [4.78, 5) is 13.4. The molecule has 0 bridgehead atoms. The van der Waals surface area contributed by atoms with Crippen molar-refractivity contribution in [3.8, 4) is 0 Å². The van der Waals surface area contributed by atoms with Crippen LogP contribution in [0, 0.1) is 0 Å². The molecule has 0 unspecified atom stereocenters. The van der Waals surface area contributed by atoms with E-state index in [9.17, 15) is 4.79 Å². The van der Waals surface area contributed by atoms with Gasteiger partial charge in [-0.25, -0.2) is 0 Å². The van der Waals surface area contributed by atoms with Crippen LogP contribution in [0.5, 0.6) is 0 Å². The lowest BCUT2D eigenvalue weighted by molar-refractivity contribution is -0.131. The Hall–Kier alpha value is -0.570. The van der Waals surface area contributed by atoms with Crippen molar-refractivity contribution in [3.05, 3.63) is 0 Å². The van der Waals surface area contributed by atoms with Crippen LogP contribution in [0.2, 0.25) is 0 Å². The molecule has 92 valence electrons. The molecule has 1 amide bonds. The summed E-state index contributed by atoms with van der Waals surface area (Å²) in [7, 11) is 1.91. The molecule has 0 aliphatic heterocycles. The van der Waals surface area contributed by atoms with Crippen molar-refractivity contribution in [1.29, 1.82) is 0 Å². The molecule has 0 radical (unpaired) electrons. The third kappa shape index (κ3) is 9.73. The Labute approximate surface area is 95.2 Å². The summed E-state index contributed by atoms with van der Waals surface area (Å²) >= 11 is 0. The summed E-state index contributed by atoms with van der Waals surface area (Å²) in [5.41, 5.74) is 0. The number of hydrogen-bond donors (Lipinski definition) is 1. The highest BCUT2D eigenvalue weighted by atomic mass is 16.2. The van der Waals surface area contributed by atoms with E-state index in [4.69, 9.17) is 0 Å². The van der Waals surface area contributed by atoms with Gasteiger partial charge in [0.1, 0.15) is 0 Å². The minimum Gasteiger partial charge on any atom is -0.342 e.